The lowest BCUT2D eigenvalue weighted by atomic mass is 9.77. The van der Waals surface area contributed by atoms with E-state index < -0.39 is 0 Å². The molecule has 4 heteroatoms. The third-order valence-electron chi connectivity index (χ3n) is 7.12. The molecule has 1 fully saturated rings. The van der Waals surface area contributed by atoms with Crippen molar-refractivity contribution in [3.63, 3.8) is 0 Å². The molecule has 4 aromatic rings. The predicted molar refractivity (Wildman–Crippen MR) is 145 cm³/mol. The van der Waals surface area contributed by atoms with E-state index in [-0.39, 0.29) is 24.5 Å². The van der Waals surface area contributed by atoms with Gasteiger partial charge in [0, 0.05) is 5.92 Å². The SMILES string of the molecule is O=C(COc1ccc2ccccc2c1)N1N=C2/C(=C\c3ccccc3)CCC[C@H]2[C@@H]1c1ccccc1. The summed E-state index contributed by atoms with van der Waals surface area (Å²) in [5, 5.41) is 8.88. The number of fused-ring (bicyclic) bond motifs is 2. The summed E-state index contributed by atoms with van der Waals surface area (Å²) >= 11 is 0. The monoisotopic (exact) mass is 472 g/mol. The van der Waals surface area contributed by atoms with Gasteiger partial charge in [0.25, 0.3) is 5.91 Å². The smallest absolute Gasteiger partial charge is 0.281 e. The van der Waals surface area contributed by atoms with Crippen LogP contribution in [0.4, 0.5) is 0 Å². The second-order valence-corrected chi connectivity index (χ2v) is 9.46. The van der Waals surface area contributed by atoms with Crippen LogP contribution in [0, 0.1) is 5.92 Å². The fourth-order valence-corrected chi connectivity index (χ4v) is 5.41. The molecule has 1 aliphatic heterocycles. The normalized spacial score (nSPS) is 20.3. The number of hydrogen-bond donors (Lipinski definition) is 0. The fraction of sp³-hybridized carbons (Fsp3) is 0.188. The number of hydrogen-bond acceptors (Lipinski definition) is 3. The molecule has 2 atom stereocenters. The molecule has 1 saturated carbocycles. The summed E-state index contributed by atoms with van der Waals surface area (Å²) in [6.07, 6.45) is 5.30. The fourth-order valence-electron chi connectivity index (χ4n) is 5.41. The maximum absolute atomic E-state index is 13.5. The van der Waals surface area contributed by atoms with Gasteiger partial charge in [-0.25, -0.2) is 5.01 Å². The second kappa shape index (κ2) is 9.82. The largest absolute Gasteiger partial charge is 0.484 e. The number of hydrazone groups is 1. The van der Waals surface area contributed by atoms with E-state index in [9.17, 15) is 4.79 Å². The number of amides is 1. The Hall–Kier alpha value is -4.18. The van der Waals surface area contributed by atoms with Gasteiger partial charge in [-0.1, -0.05) is 91.0 Å². The number of rotatable bonds is 5. The number of benzene rings is 4. The molecule has 4 aromatic carbocycles. The van der Waals surface area contributed by atoms with Crippen molar-refractivity contribution in [1.29, 1.82) is 0 Å². The zero-order chi connectivity index (χ0) is 24.3. The molecule has 0 N–H and O–H groups in total. The summed E-state index contributed by atoms with van der Waals surface area (Å²) in [4.78, 5) is 13.5. The average Bonchev–Trinajstić information content (AvgIpc) is 3.33. The molecular formula is C32H28N2O2. The molecule has 1 aliphatic carbocycles. The number of ether oxygens (including phenoxy) is 1. The van der Waals surface area contributed by atoms with Gasteiger partial charge in [-0.15, -0.1) is 0 Å². The highest BCUT2D eigenvalue weighted by Gasteiger charge is 2.43. The van der Waals surface area contributed by atoms with Gasteiger partial charge in [-0.2, -0.15) is 5.10 Å². The van der Waals surface area contributed by atoms with Crippen LogP contribution in [0.1, 0.15) is 36.4 Å². The van der Waals surface area contributed by atoms with Crippen molar-refractivity contribution in [3.8, 4) is 5.75 Å². The van der Waals surface area contributed by atoms with Gasteiger partial charge in [0.15, 0.2) is 6.61 Å². The van der Waals surface area contributed by atoms with Crippen molar-refractivity contribution in [3.05, 3.63) is 120 Å². The molecule has 0 bridgehead atoms. The van der Waals surface area contributed by atoms with Crippen LogP contribution in [0.15, 0.2) is 114 Å². The zero-order valence-corrected chi connectivity index (χ0v) is 20.1. The molecule has 0 unspecified atom stereocenters. The first-order valence-corrected chi connectivity index (χ1v) is 12.6. The van der Waals surface area contributed by atoms with Gasteiger partial charge in [0.2, 0.25) is 0 Å². The van der Waals surface area contributed by atoms with E-state index in [4.69, 9.17) is 9.84 Å². The van der Waals surface area contributed by atoms with E-state index in [0.29, 0.717) is 5.75 Å². The minimum atomic E-state index is -0.127. The van der Waals surface area contributed by atoms with Crippen LogP contribution in [-0.4, -0.2) is 23.2 Å². The minimum absolute atomic E-state index is 0.0527. The molecule has 2 aliphatic rings. The van der Waals surface area contributed by atoms with Crippen LogP contribution >= 0.6 is 0 Å². The summed E-state index contributed by atoms with van der Waals surface area (Å²) in [6, 6.07) is 34.6. The standard InChI is InChI=1S/C32H28N2O2/c35-30(22-36-28-19-18-24-12-7-8-15-26(24)21-28)34-32(25-13-5-2-6-14-25)29-17-9-16-27(31(29)33-34)20-23-10-3-1-4-11-23/h1-8,10-15,18-21,29,32H,9,16-17,22H2/b27-20-/t29-,32+/m1/s1. The third kappa shape index (κ3) is 4.42. The van der Waals surface area contributed by atoms with Gasteiger partial charge in [0.05, 0.1) is 11.8 Å². The highest BCUT2D eigenvalue weighted by Crippen LogP contribution is 2.44. The summed E-state index contributed by atoms with van der Waals surface area (Å²) in [5.74, 6) is 0.742. The summed E-state index contributed by atoms with van der Waals surface area (Å²) < 4.78 is 5.97. The first kappa shape index (κ1) is 22.3. The third-order valence-corrected chi connectivity index (χ3v) is 7.12. The van der Waals surface area contributed by atoms with E-state index in [0.717, 1.165) is 46.9 Å². The molecule has 4 nitrogen and oxygen atoms in total. The highest BCUT2D eigenvalue weighted by atomic mass is 16.5. The van der Waals surface area contributed by atoms with Gasteiger partial charge in [0.1, 0.15) is 5.75 Å². The van der Waals surface area contributed by atoms with E-state index in [2.05, 4.69) is 48.5 Å². The van der Waals surface area contributed by atoms with Crippen LogP contribution in [0.2, 0.25) is 0 Å². The highest BCUT2D eigenvalue weighted by molar-refractivity contribution is 6.08. The Kier molecular flexibility index (Phi) is 6.08. The number of allylic oxidation sites excluding steroid dienone is 1. The van der Waals surface area contributed by atoms with Crippen molar-refractivity contribution >= 4 is 28.5 Å². The van der Waals surface area contributed by atoms with E-state index in [1.165, 1.54) is 5.57 Å². The number of carbonyl (C=O) groups excluding carboxylic acids is 1. The van der Waals surface area contributed by atoms with Crippen LogP contribution < -0.4 is 4.74 Å². The average molecular weight is 473 g/mol. The first-order chi connectivity index (χ1) is 17.8. The summed E-state index contributed by atoms with van der Waals surface area (Å²) in [6.45, 7) is -0.0527. The first-order valence-electron chi connectivity index (χ1n) is 12.6. The number of carbonyl (C=O) groups is 1. The summed E-state index contributed by atoms with van der Waals surface area (Å²) in [5.41, 5.74) is 4.54. The van der Waals surface area contributed by atoms with Crippen molar-refractivity contribution in [2.45, 2.75) is 25.3 Å². The van der Waals surface area contributed by atoms with Gasteiger partial charge >= 0.3 is 0 Å². The van der Waals surface area contributed by atoms with Crippen LogP contribution in [0.3, 0.4) is 0 Å². The van der Waals surface area contributed by atoms with E-state index in [1.54, 1.807) is 5.01 Å². The Balaban J connectivity index is 1.29. The van der Waals surface area contributed by atoms with Crippen molar-refractivity contribution in [2.24, 2.45) is 11.0 Å². The Bertz CT molecular complexity index is 1440. The lowest BCUT2D eigenvalue weighted by Gasteiger charge is -2.29. The Morgan fingerprint density at radius 3 is 2.42 bits per heavy atom. The molecule has 1 amide bonds. The predicted octanol–water partition coefficient (Wildman–Crippen LogP) is 7.04. The van der Waals surface area contributed by atoms with Crippen LogP contribution in [-0.2, 0) is 4.79 Å². The maximum Gasteiger partial charge on any atom is 0.281 e. The molecule has 36 heavy (non-hydrogen) atoms. The van der Waals surface area contributed by atoms with Gasteiger partial charge < -0.3 is 4.74 Å². The summed E-state index contributed by atoms with van der Waals surface area (Å²) in [7, 11) is 0. The van der Waals surface area contributed by atoms with E-state index in [1.807, 2.05) is 60.7 Å². The zero-order valence-electron chi connectivity index (χ0n) is 20.1. The molecule has 0 spiro atoms. The molecule has 6 rings (SSSR count). The quantitative estimate of drug-likeness (QED) is 0.313. The lowest BCUT2D eigenvalue weighted by Crippen LogP contribution is -2.34. The molecule has 0 radical (unpaired) electrons. The maximum atomic E-state index is 13.5. The molecular weight excluding hydrogens is 444 g/mol. The van der Waals surface area contributed by atoms with Gasteiger partial charge in [-0.05, 0) is 64.9 Å². The second-order valence-electron chi connectivity index (χ2n) is 9.46. The topological polar surface area (TPSA) is 41.9 Å². The van der Waals surface area contributed by atoms with Gasteiger partial charge in [-0.3, -0.25) is 4.79 Å². The Morgan fingerprint density at radius 1 is 0.889 bits per heavy atom. The number of nitrogens with zero attached hydrogens (tertiary/aromatic N) is 2. The Labute approximate surface area is 211 Å². The lowest BCUT2D eigenvalue weighted by molar-refractivity contribution is -0.135. The van der Waals surface area contributed by atoms with Crippen molar-refractivity contribution < 1.29 is 9.53 Å². The molecule has 1 heterocycles. The molecule has 0 aromatic heterocycles. The Morgan fingerprint density at radius 2 is 1.61 bits per heavy atom. The molecule has 0 saturated heterocycles. The minimum Gasteiger partial charge on any atom is -0.484 e. The van der Waals surface area contributed by atoms with Crippen LogP contribution in [0.5, 0.6) is 5.75 Å². The van der Waals surface area contributed by atoms with E-state index >= 15 is 0 Å². The van der Waals surface area contributed by atoms with Crippen LogP contribution in [0.25, 0.3) is 16.8 Å². The van der Waals surface area contributed by atoms with Crippen molar-refractivity contribution in [1.82, 2.24) is 5.01 Å². The molecule has 178 valence electrons. The van der Waals surface area contributed by atoms with Crippen molar-refractivity contribution in [2.75, 3.05) is 6.61 Å².